The van der Waals surface area contributed by atoms with Gasteiger partial charge in [-0.25, -0.2) is 23.5 Å². The second kappa shape index (κ2) is 2.80. The van der Waals surface area contributed by atoms with Crippen molar-refractivity contribution in [1.82, 2.24) is 13.9 Å². The Hall–Kier alpha value is -2.04. The number of fused-ring (bicyclic) bond motifs is 5. The van der Waals surface area contributed by atoms with Crippen molar-refractivity contribution in [2.75, 3.05) is 0 Å². The molecule has 3 saturated carbocycles. The van der Waals surface area contributed by atoms with Gasteiger partial charge >= 0.3 is 11.4 Å². The van der Waals surface area contributed by atoms with Crippen molar-refractivity contribution in [2.45, 2.75) is 25.4 Å². The standard InChI is InChI=1S/C16H15N3O2/c1-16-7-9-10-11(16)12(16)13(10)19-15(21)17(14(20)18(9)19)8-5-3-2-4-6-8/h2-6,9-13H,7H2,1H3/t9-,10+,11-,12+,13-,16-/m1/s1. The average Bonchev–Trinajstić information content (AvgIpc) is 2.61. The zero-order chi connectivity index (χ0) is 14.1. The number of para-hydroxylation sites is 1. The predicted octanol–water partition coefficient (Wildman–Crippen LogP) is 1.18. The molecule has 5 nitrogen and oxygen atoms in total. The Morgan fingerprint density at radius 2 is 1.76 bits per heavy atom. The fourth-order valence-electron chi connectivity index (χ4n) is 5.96. The molecule has 2 aromatic rings. The molecule has 2 heterocycles. The first kappa shape index (κ1) is 10.7. The van der Waals surface area contributed by atoms with Crippen LogP contribution in [0, 0.1) is 23.2 Å². The van der Waals surface area contributed by atoms with Gasteiger partial charge in [-0.15, -0.1) is 0 Å². The highest BCUT2D eigenvalue weighted by Gasteiger charge is 2.86. The van der Waals surface area contributed by atoms with E-state index in [2.05, 4.69) is 6.92 Å². The molecule has 6 rings (SSSR count). The smallest absolute Gasteiger partial charge is 0.245 e. The number of hydrogen-bond donors (Lipinski definition) is 0. The van der Waals surface area contributed by atoms with Crippen LogP contribution in [0.1, 0.15) is 25.4 Å². The van der Waals surface area contributed by atoms with Gasteiger partial charge in [0.1, 0.15) is 0 Å². The molecule has 5 heteroatoms. The summed E-state index contributed by atoms with van der Waals surface area (Å²) < 4.78 is 4.89. The molecular weight excluding hydrogens is 266 g/mol. The van der Waals surface area contributed by atoms with E-state index in [-0.39, 0.29) is 23.5 Å². The molecule has 0 unspecified atom stereocenters. The van der Waals surface area contributed by atoms with Gasteiger partial charge < -0.3 is 0 Å². The van der Waals surface area contributed by atoms with Gasteiger partial charge in [-0.3, -0.25) is 0 Å². The number of hydrogen-bond acceptors (Lipinski definition) is 2. The Morgan fingerprint density at radius 1 is 1.05 bits per heavy atom. The average molecular weight is 281 g/mol. The van der Waals surface area contributed by atoms with Crippen LogP contribution < -0.4 is 11.4 Å². The summed E-state index contributed by atoms with van der Waals surface area (Å²) in [5.74, 6) is 1.95. The molecule has 106 valence electrons. The second-order valence-electron chi connectivity index (χ2n) is 7.32. The van der Waals surface area contributed by atoms with Gasteiger partial charge in [0.25, 0.3) is 0 Å². The van der Waals surface area contributed by atoms with E-state index < -0.39 is 0 Å². The van der Waals surface area contributed by atoms with Crippen LogP contribution in [0.2, 0.25) is 0 Å². The van der Waals surface area contributed by atoms with E-state index in [0.717, 1.165) is 12.3 Å². The van der Waals surface area contributed by atoms with E-state index in [1.54, 1.807) is 9.36 Å². The lowest BCUT2D eigenvalue weighted by Gasteiger charge is -2.32. The largest absolute Gasteiger partial charge is 0.352 e. The molecule has 3 aliphatic carbocycles. The Kier molecular flexibility index (Phi) is 1.42. The number of rotatable bonds is 1. The van der Waals surface area contributed by atoms with Crippen molar-refractivity contribution in [3.05, 3.63) is 51.3 Å². The second-order valence-corrected chi connectivity index (χ2v) is 7.32. The topological polar surface area (TPSA) is 48.9 Å². The van der Waals surface area contributed by atoms with Gasteiger partial charge in [-0.05, 0) is 35.8 Å². The van der Waals surface area contributed by atoms with E-state index >= 15 is 0 Å². The summed E-state index contributed by atoms with van der Waals surface area (Å²) in [6.07, 6.45) is 1.07. The predicted molar refractivity (Wildman–Crippen MR) is 75.6 cm³/mol. The normalized spacial score (nSPS) is 43.4. The van der Waals surface area contributed by atoms with Gasteiger partial charge in [-0.1, -0.05) is 25.1 Å². The quantitative estimate of drug-likeness (QED) is 0.788. The van der Waals surface area contributed by atoms with Crippen LogP contribution in [0.5, 0.6) is 0 Å². The highest BCUT2D eigenvalue weighted by atomic mass is 16.2. The molecule has 3 fully saturated rings. The lowest BCUT2D eigenvalue weighted by Crippen LogP contribution is -2.38. The minimum Gasteiger partial charge on any atom is -0.245 e. The van der Waals surface area contributed by atoms with E-state index in [4.69, 9.17) is 0 Å². The first-order valence-electron chi connectivity index (χ1n) is 7.66. The first-order chi connectivity index (χ1) is 10.1. The lowest BCUT2D eigenvalue weighted by atomic mass is 9.74. The molecule has 4 aliphatic rings. The van der Waals surface area contributed by atoms with Crippen LogP contribution in [-0.4, -0.2) is 13.9 Å². The molecule has 1 aromatic heterocycles. The summed E-state index contributed by atoms with van der Waals surface area (Å²) in [5.41, 5.74) is 0.766. The van der Waals surface area contributed by atoms with Crippen molar-refractivity contribution < 1.29 is 0 Å². The number of benzene rings is 1. The summed E-state index contributed by atoms with van der Waals surface area (Å²) in [7, 11) is 0. The maximum Gasteiger partial charge on any atom is 0.352 e. The van der Waals surface area contributed by atoms with Gasteiger partial charge in [0.15, 0.2) is 0 Å². The molecule has 1 aromatic carbocycles. The van der Waals surface area contributed by atoms with Crippen LogP contribution in [-0.2, 0) is 0 Å². The van der Waals surface area contributed by atoms with Gasteiger partial charge in [0.05, 0.1) is 17.8 Å². The van der Waals surface area contributed by atoms with Crippen molar-refractivity contribution in [3.8, 4) is 5.69 Å². The van der Waals surface area contributed by atoms with E-state index in [0.29, 0.717) is 22.9 Å². The Labute approximate surface area is 120 Å². The van der Waals surface area contributed by atoms with E-state index in [1.165, 1.54) is 4.57 Å². The molecule has 0 spiro atoms. The molecule has 0 saturated heterocycles. The van der Waals surface area contributed by atoms with E-state index in [9.17, 15) is 9.59 Å². The summed E-state index contributed by atoms with van der Waals surface area (Å²) in [4.78, 5) is 25.6. The van der Waals surface area contributed by atoms with E-state index in [1.807, 2.05) is 30.3 Å². The fourth-order valence-corrected chi connectivity index (χ4v) is 5.96. The lowest BCUT2D eigenvalue weighted by molar-refractivity contribution is 0.154. The molecule has 0 N–H and O–H groups in total. The molecule has 21 heavy (non-hydrogen) atoms. The van der Waals surface area contributed by atoms with Crippen LogP contribution in [0.15, 0.2) is 39.9 Å². The highest BCUT2D eigenvalue weighted by Crippen LogP contribution is 2.88. The number of aromatic nitrogens is 3. The molecule has 0 amide bonds. The number of nitrogens with zero attached hydrogens (tertiary/aromatic N) is 3. The zero-order valence-corrected chi connectivity index (χ0v) is 11.6. The SMILES string of the molecule is C[C@]12C[C@@H]3[C@@H]4[C@H]([C@@H]1[C@@H]42)n1c(=O)n(-c2ccccc2)c(=O)n13. The van der Waals surface area contributed by atoms with Gasteiger partial charge in [-0.2, -0.15) is 0 Å². The fraction of sp³-hybridized carbons (Fsp3) is 0.500. The summed E-state index contributed by atoms with van der Waals surface area (Å²) in [6, 6.07) is 9.79. The zero-order valence-electron chi connectivity index (χ0n) is 11.6. The maximum atomic E-state index is 12.8. The Morgan fingerprint density at radius 3 is 2.48 bits per heavy atom. The maximum absolute atomic E-state index is 12.8. The summed E-state index contributed by atoms with van der Waals surface area (Å²) >= 11 is 0. The van der Waals surface area contributed by atoms with Gasteiger partial charge in [0, 0.05) is 5.92 Å². The Bertz CT molecular complexity index is 884. The van der Waals surface area contributed by atoms with Crippen molar-refractivity contribution in [1.29, 1.82) is 0 Å². The minimum atomic E-state index is -0.158. The van der Waals surface area contributed by atoms with Crippen LogP contribution in [0.25, 0.3) is 5.69 Å². The van der Waals surface area contributed by atoms with Crippen molar-refractivity contribution in [3.63, 3.8) is 0 Å². The van der Waals surface area contributed by atoms with Crippen molar-refractivity contribution in [2.24, 2.45) is 23.2 Å². The monoisotopic (exact) mass is 281 g/mol. The van der Waals surface area contributed by atoms with Crippen LogP contribution in [0.3, 0.4) is 0 Å². The van der Waals surface area contributed by atoms with Crippen molar-refractivity contribution >= 4 is 0 Å². The molecule has 1 aliphatic heterocycles. The highest BCUT2D eigenvalue weighted by molar-refractivity contribution is 5.35. The van der Waals surface area contributed by atoms with Crippen LogP contribution >= 0.6 is 0 Å². The minimum absolute atomic E-state index is 0.154. The first-order valence-corrected chi connectivity index (χ1v) is 7.66. The molecular formula is C16H15N3O2. The van der Waals surface area contributed by atoms with Crippen LogP contribution in [0.4, 0.5) is 0 Å². The molecule has 0 bridgehead atoms. The summed E-state index contributed by atoms with van der Waals surface area (Å²) in [5, 5.41) is 0. The summed E-state index contributed by atoms with van der Waals surface area (Å²) in [6.45, 7) is 2.34. The van der Waals surface area contributed by atoms with Gasteiger partial charge in [0.2, 0.25) is 0 Å². The third-order valence-electron chi connectivity index (χ3n) is 6.69. The third kappa shape index (κ3) is 0.859. The molecule has 6 atom stereocenters. The Balaban J connectivity index is 1.64. The third-order valence-corrected chi connectivity index (χ3v) is 6.69. The molecule has 0 radical (unpaired) electrons.